The molecule has 318 valence electrons. The predicted molar refractivity (Wildman–Crippen MR) is 223 cm³/mol. The van der Waals surface area contributed by atoms with Gasteiger partial charge in [-0.05, 0) is 48.6 Å². The number of nitrogens with zero attached hydrogens (tertiary/aromatic N) is 6. The molecule has 0 saturated carbocycles. The van der Waals surface area contributed by atoms with Gasteiger partial charge >= 0.3 is 12.2 Å². The zero-order valence-electron chi connectivity index (χ0n) is 35.4. The van der Waals surface area contributed by atoms with Crippen LogP contribution >= 0.6 is 0 Å². The summed E-state index contributed by atoms with van der Waals surface area (Å²) in [5.41, 5.74) is 4.58. The molecule has 16 nitrogen and oxygen atoms in total. The normalized spacial score (nSPS) is 17.4. The van der Waals surface area contributed by atoms with Crippen molar-refractivity contribution in [2.24, 2.45) is 11.8 Å². The molecule has 2 aromatic carbocycles. The Morgan fingerprint density at radius 3 is 1.22 bits per heavy atom. The van der Waals surface area contributed by atoms with Gasteiger partial charge in [0.05, 0.1) is 50.1 Å². The maximum Gasteiger partial charge on any atom is 0.407 e. The number of likely N-dealkylation sites (tertiary alicyclic amines) is 2. The molecule has 2 N–H and O–H groups in total. The van der Waals surface area contributed by atoms with Crippen LogP contribution < -0.4 is 10.6 Å². The van der Waals surface area contributed by atoms with E-state index in [-0.39, 0.29) is 35.5 Å². The Morgan fingerprint density at radius 2 is 0.917 bits per heavy atom. The smallest absolute Gasteiger partial charge is 0.407 e. The van der Waals surface area contributed by atoms with Gasteiger partial charge in [0, 0.05) is 38.1 Å². The van der Waals surface area contributed by atoms with Crippen molar-refractivity contribution in [3.05, 3.63) is 72.6 Å². The summed E-state index contributed by atoms with van der Waals surface area (Å²) in [6.45, 7) is 11.3. The van der Waals surface area contributed by atoms with Gasteiger partial charge in [-0.2, -0.15) is 0 Å². The Labute approximate surface area is 349 Å². The van der Waals surface area contributed by atoms with Gasteiger partial charge in [-0.15, -0.1) is 0 Å². The summed E-state index contributed by atoms with van der Waals surface area (Å²) in [4.78, 5) is 90.7. The molecule has 0 radical (unpaired) electrons. The summed E-state index contributed by atoms with van der Waals surface area (Å²) in [6.07, 6.45) is 4.63. The second-order valence-corrected chi connectivity index (χ2v) is 16.0. The second-order valence-electron chi connectivity index (χ2n) is 16.0. The van der Waals surface area contributed by atoms with Gasteiger partial charge in [0.1, 0.15) is 23.7 Å². The van der Waals surface area contributed by atoms with E-state index in [0.717, 1.165) is 35.1 Å². The highest BCUT2D eigenvalue weighted by Crippen LogP contribution is 2.37. The van der Waals surface area contributed by atoms with E-state index in [1.54, 1.807) is 31.3 Å². The molecule has 2 aromatic heterocycles. The first-order valence-electron chi connectivity index (χ1n) is 20.3. The molecule has 6 rings (SSSR count). The van der Waals surface area contributed by atoms with Crippen molar-refractivity contribution in [2.45, 2.75) is 91.4 Å². The standard InChI is InChI=1S/C44H54N8O8/c1-25(2)37(47-43(57)59-7)41(55)49-21-9-11-33(49)39-45-23-35(51(39)27(5)53)31-17-13-29(14-18-31)30-15-19-32(20-16-30)36-24-46-40(52(36)28(6)54)34-12-10-22-50(34)42(56)38(26(3)4)48-44(58)60-8/h13-20,23-26,33-34,37-38H,9-12,21-22H2,1-8H3,(H,47,57)(H,48,58)/t33-,34-,37-,38-/m0/s1. The quantitative estimate of drug-likeness (QED) is 0.169. The summed E-state index contributed by atoms with van der Waals surface area (Å²) < 4.78 is 12.6. The largest absolute Gasteiger partial charge is 0.453 e. The molecular weight excluding hydrogens is 769 g/mol. The number of ether oxygens (including phenoxy) is 2. The molecule has 60 heavy (non-hydrogen) atoms. The van der Waals surface area contributed by atoms with E-state index < -0.39 is 36.4 Å². The lowest BCUT2D eigenvalue weighted by molar-refractivity contribution is -0.136. The monoisotopic (exact) mass is 822 g/mol. The van der Waals surface area contributed by atoms with E-state index in [9.17, 15) is 28.8 Å². The zero-order valence-corrected chi connectivity index (χ0v) is 35.4. The minimum absolute atomic E-state index is 0.193. The number of hydrogen-bond donors (Lipinski definition) is 2. The minimum atomic E-state index is -0.796. The molecule has 4 aromatic rings. The second kappa shape index (κ2) is 18.3. The summed E-state index contributed by atoms with van der Waals surface area (Å²) >= 11 is 0. The number of methoxy groups -OCH3 is 2. The Hall–Kier alpha value is -6.32. The summed E-state index contributed by atoms with van der Waals surface area (Å²) in [5.74, 6) is -0.419. The van der Waals surface area contributed by atoms with E-state index >= 15 is 0 Å². The van der Waals surface area contributed by atoms with Crippen molar-refractivity contribution in [1.29, 1.82) is 0 Å². The number of nitrogens with one attached hydrogen (secondary N) is 2. The molecule has 0 aliphatic carbocycles. The van der Waals surface area contributed by atoms with E-state index in [1.165, 1.54) is 28.1 Å². The summed E-state index contributed by atoms with van der Waals surface area (Å²) in [5, 5.41) is 5.32. The summed E-state index contributed by atoms with van der Waals surface area (Å²) in [6, 6.07) is 13.0. The van der Waals surface area contributed by atoms with Crippen LogP contribution in [0.3, 0.4) is 0 Å². The molecule has 16 heteroatoms. The van der Waals surface area contributed by atoms with Crippen molar-refractivity contribution in [3.8, 4) is 33.6 Å². The van der Waals surface area contributed by atoms with Gasteiger partial charge in [-0.1, -0.05) is 76.2 Å². The Balaban J connectivity index is 1.22. The lowest BCUT2D eigenvalue weighted by Gasteiger charge is -2.30. The number of hydrogen-bond acceptors (Lipinski definition) is 10. The van der Waals surface area contributed by atoms with E-state index in [1.807, 2.05) is 76.2 Å². The molecule has 0 unspecified atom stereocenters. The number of alkyl carbamates (subject to hydrolysis) is 2. The van der Waals surface area contributed by atoms with E-state index in [2.05, 4.69) is 20.6 Å². The Bertz CT molecular complexity index is 2090. The van der Waals surface area contributed by atoms with Gasteiger partial charge in [-0.25, -0.2) is 19.6 Å². The average molecular weight is 823 g/mol. The molecule has 2 fully saturated rings. The third-order valence-electron chi connectivity index (χ3n) is 11.4. The Morgan fingerprint density at radius 1 is 0.583 bits per heavy atom. The molecule has 2 aliphatic rings. The molecule has 2 saturated heterocycles. The third-order valence-corrected chi connectivity index (χ3v) is 11.4. The highest BCUT2D eigenvalue weighted by Gasteiger charge is 2.40. The number of amides is 4. The van der Waals surface area contributed by atoms with Crippen LogP contribution in [0.4, 0.5) is 9.59 Å². The van der Waals surface area contributed by atoms with Gasteiger partial charge in [0.15, 0.2) is 0 Å². The van der Waals surface area contributed by atoms with Crippen LogP contribution in [0.2, 0.25) is 0 Å². The van der Waals surface area contributed by atoms with Crippen LogP contribution in [-0.4, -0.2) is 104 Å². The van der Waals surface area contributed by atoms with Gasteiger partial charge in [0.2, 0.25) is 23.6 Å². The van der Waals surface area contributed by atoms with Crippen molar-refractivity contribution < 1.29 is 38.2 Å². The third kappa shape index (κ3) is 8.68. The number of benzene rings is 2. The van der Waals surface area contributed by atoms with Crippen LogP contribution in [-0.2, 0) is 19.1 Å². The molecular formula is C44H54N8O8. The zero-order chi connectivity index (χ0) is 43.4. The highest BCUT2D eigenvalue weighted by molar-refractivity contribution is 5.89. The van der Waals surface area contributed by atoms with E-state index in [4.69, 9.17) is 9.47 Å². The molecule has 2 aliphatic heterocycles. The van der Waals surface area contributed by atoms with Crippen LogP contribution in [0.25, 0.3) is 33.6 Å². The van der Waals surface area contributed by atoms with Gasteiger partial charge < -0.3 is 29.9 Å². The fourth-order valence-corrected chi connectivity index (χ4v) is 8.29. The predicted octanol–water partition coefficient (Wildman–Crippen LogP) is 6.49. The number of rotatable bonds is 11. The summed E-state index contributed by atoms with van der Waals surface area (Å²) in [7, 11) is 2.51. The van der Waals surface area contributed by atoms with Crippen LogP contribution in [0, 0.1) is 11.8 Å². The first-order valence-corrected chi connectivity index (χ1v) is 20.3. The van der Waals surface area contributed by atoms with Crippen molar-refractivity contribution in [2.75, 3.05) is 27.3 Å². The lowest BCUT2D eigenvalue weighted by Crippen LogP contribution is -2.51. The number of carbonyl (C=O) groups excluding carboxylic acids is 6. The Kier molecular flexibility index (Phi) is 13.2. The maximum absolute atomic E-state index is 13.8. The van der Waals surface area contributed by atoms with Crippen molar-refractivity contribution in [1.82, 2.24) is 39.5 Å². The fraction of sp³-hybridized carbons (Fsp3) is 0.455. The minimum Gasteiger partial charge on any atom is -0.453 e. The molecule has 4 amide bonds. The topological polar surface area (TPSA) is 187 Å². The lowest BCUT2D eigenvalue weighted by atomic mass is 10.0. The maximum atomic E-state index is 13.8. The SMILES string of the molecule is COC(=O)N[C@H](C(=O)N1CCC[C@H]1c1ncc(-c2ccc(-c3ccc(-c4cnc([C@@H]5CCCN5C(=O)[C@@H](NC(=O)OC)C(C)C)n4C(C)=O)cc3)cc2)n1C(C)=O)C(C)C. The number of aromatic nitrogens is 4. The van der Waals surface area contributed by atoms with Gasteiger partial charge in [-0.3, -0.25) is 28.3 Å². The van der Waals surface area contributed by atoms with Gasteiger partial charge in [0.25, 0.3) is 0 Å². The molecule has 0 spiro atoms. The van der Waals surface area contributed by atoms with Crippen LogP contribution in [0.15, 0.2) is 60.9 Å². The highest BCUT2D eigenvalue weighted by atomic mass is 16.5. The molecule has 0 bridgehead atoms. The molecule has 4 atom stereocenters. The van der Waals surface area contributed by atoms with Crippen LogP contribution in [0.1, 0.15) is 101 Å². The molecule has 4 heterocycles. The number of imidazole rings is 2. The van der Waals surface area contributed by atoms with Crippen LogP contribution in [0.5, 0.6) is 0 Å². The number of carbonyl (C=O) groups is 6. The first kappa shape index (κ1) is 43.3. The van der Waals surface area contributed by atoms with Crippen molar-refractivity contribution >= 4 is 35.8 Å². The van der Waals surface area contributed by atoms with Crippen molar-refractivity contribution in [3.63, 3.8) is 0 Å². The van der Waals surface area contributed by atoms with E-state index in [0.29, 0.717) is 49.0 Å². The fourth-order valence-electron chi connectivity index (χ4n) is 8.29. The average Bonchev–Trinajstić information content (AvgIpc) is 4.06. The first-order chi connectivity index (χ1) is 28.7.